The molecule has 0 aromatic heterocycles. The van der Waals surface area contributed by atoms with E-state index in [-0.39, 0.29) is 5.78 Å². The van der Waals surface area contributed by atoms with Crippen molar-refractivity contribution in [1.82, 2.24) is 0 Å². The first-order valence-electron chi connectivity index (χ1n) is 4.13. The van der Waals surface area contributed by atoms with Crippen LogP contribution in [0.2, 0.25) is 0 Å². The molecule has 1 aromatic carbocycles. The van der Waals surface area contributed by atoms with E-state index in [1.54, 1.807) is 0 Å². The van der Waals surface area contributed by atoms with E-state index in [0.29, 0.717) is 17.6 Å². The molecular weight excluding hydrogens is 378 g/mol. The number of carbonyl (C=O) groups excluding carboxylic acids is 1. The molecule has 0 saturated carbocycles. The van der Waals surface area contributed by atoms with E-state index in [0.717, 1.165) is 14.7 Å². The van der Waals surface area contributed by atoms with Crippen LogP contribution in [0.5, 0.6) is 0 Å². The number of hydrogen-bond acceptors (Lipinski definition) is 1. The largest absolute Gasteiger partial charge is 0.294 e. The van der Waals surface area contributed by atoms with Gasteiger partial charge in [0, 0.05) is 26.8 Å². The number of rotatable bonds is 4. The van der Waals surface area contributed by atoms with Crippen LogP contribution in [0.1, 0.15) is 22.3 Å². The number of Topliss-reactive ketones (excluding diaryl/α,β-unsaturated/α-hetero) is 1. The average Bonchev–Trinajstić information content (AvgIpc) is 2.18. The smallest absolute Gasteiger partial charge is 0.164 e. The van der Waals surface area contributed by atoms with E-state index in [4.69, 9.17) is 11.6 Å². The summed E-state index contributed by atoms with van der Waals surface area (Å²) in [5, 5.41) is 0.701. The fourth-order valence-electron chi connectivity index (χ4n) is 1.12. The minimum atomic E-state index is 0.165. The summed E-state index contributed by atoms with van der Waals surface area (Å²) in [6, 6.07) is 5.67. The molecular formula is C10H9BrClIO. The SMILES string of the molecule is O=C(CCBr)c1cccc(CCl)c1I. The van der Waals surface area contributed by atoms with Gasteiger partial charge < -0.3 is 0 Å². The molecule has 0 bridgehead atoms. The van der Waals surface area contributed by atoms with E-state index < -0.39 is 0 Å². The number of benzene rings is 1. The number of alkyl halides is 2. The third-order valence-corrected chi connectivity index (χ3v) is 3.80. The van der Waals surface area contributed by atoms with E-state index >= 15 is 0 Å². The van der Waals surface area contributed by atoms with E-state index in [1.165, 1.54) is 0 Å². The molecule has 0 aliphatic rings. The molecule has 76 valence electrons. The fraction of sp³-hybridized carbons (Fsp3) is 0.300. The molecule has 0 radical (unpaired) electrons. The van der Waals surface area contributed by atoms with Crippen LogP contribution in [0.15, 0.2) is 18.2 Å². The second-order valence-corrected chi connectivity index (χ2v) is 4.91. The minimum absolute atomic E-state index is 0.165. The highest BCUT2D eigenvalue weighted by atomic mass is 127. The summed E-state index contributed by atoms with van der Waals surface area (Å²) in [6.45, 7) is 0. The van der Waals surface area contributed by atoms with Gasteiger partial charge >= 0.3 is 0 Å². The summed E-state index contributed by atoms with van der Waals surface area (Å²) in [6.07, 6.45) is 0.530. The molecule has 1 nitrogen and oxygen atoms in total. The summed E-state index contributed by atoms with van der Waals surface area (Å²) in [5.74, 6) is 0.617. The lowest BCUT2D eigenvalue weighted by Gasteiger charge is -2.05. The first kappa shape index (κ1) is 12.5. The van der Waals surface area contributed by atoms with Crippen LogP contribution < -0.4 is 0 Å². The van der Waals surface area contributed by atoms with Crippen LogP contribution in [0.4, 0.5) is 0 Å². The first-order chi connectivity index (χ1) is 6.70. The normalized spacial score (nSPS) is 10.2. The van der Waals surface area contributed by atoms with Gasteiger partial charge in [0.05, 0.1) is 0 Å². The van der Waals surface area contributed by atoms with Crippen LogP contribution in [0.3, 0.4) is 0 Å². The zero-order valence-electron chi connectivity index (χ0n) is 7.40. The maximum atomic E-state index is 11.7. The maximum Gasteiger partial charge on any atom is 0.164 e. The second kappa shape index (κ2) is 6.08. The molecule has 0 unspecified atom stereocenters. The van der Waals surface area contributed by atoms with E-state index in [1.807, 2.05) is 18.2 Å². The highest BCUT2D eigenvalue weighted by molar-refractivity contribution is 14.1. The molecule has 0 fully saturated rings. The van der Waals surface area contributed by atoms with Crippen molar-refractivity contribution in [2.24, 2.45) is 0 Å². The van der Waals surface area contributed by atoms with Crippen molar-refractivity contribution >= 4 is 55.9 Å². The zero-order chi connectivity index (χ0) is 10.6. The monoisotopic (exact) mass is 386 g/mol. The Kier molecular flexibility index (Phi) is 5.41. The Balaban J connectivity index is 3.03. The van der Waals surface area contributed by atoms with Gasteiger partial charge in [0.25, 0.3) is 0 Å². The third-order valence-electron chi connectivity index (χ3n) is 1.84. The van der Waals surface area contributed by atoms with Gasteiger partial charge in [-0.15, -0.1) is 11.6 Å². The number of ketones is 1. The Morgan fingerprint density at radius 1 is 1.50 bits per heavy atom. The molecule has 0 saturated heterocycles. The van der Waals surface area contributed by atoms with E-state index in [2.05, 4.69) is 38.5 Å². The molecule has 4 heteroatoms. The van der Waals surface area contributed by atoms with Crippen LogP contribution >= 0.6 is 50.1 Å². The minimum Gasteiger partial charge on any atom is -0.294 e. The maximum absolute atomic E-state index is 11.7. The Labute approximate surface area is 110 Å². The molecule has 0 N–H and O–H groups in total. The third kappa shape index (κ3) is 2.94. The predicted molar refractivity (Wildman–Crippen MR) is 71.5 cm³/mol. The topological polar surface area (TPSA) is 17.1 Å². The van der Waals surface area contributed by atoms with Gasteiger partial charge in [-0.1, -0.05) is 34.1 Å². The van der Waals surface area contributed by atoms with Crippen LogP contribution in [0.25, 0.3) is 0 Å². The van der Waals surface area contributed by atoms with Gasteiger partial charge in [-0.3, -0.25) is 4.79 Å². The summed E-state index contributed by atoms with van der Waals surface area (Å²) in [7, 11) is 0. The molecule has 1 aromatic rings. The van der Waals surface area contributed by atoms with Crippen molar-refractivity contribution in [2.75, 3.05) is 5.33 Å². The van der Waals surface area contributed by atoms with Gasteiger partial charge in [0.1, 0.15) is 0 Å². The highest BCUT2D eigenvalue weighted by Gasteiger charge is 2.11. The van der Waals surface area contributed by atoms with Gasteiger partial charge in [-0.2, -0.15) is 0 Å². The van der Waals surface area contributed by atoms with Crippen LogP contribution in [0, 0.1) is 3.57 Å². The van der Waals surface area contributed by atoms with Gasteiger partial charge in [0.2, 0.25) is 0 Å². The Morgan fingerprint density at radius 3 is 2.79 bits per heavy atom. The quantitative estimate of drug-likeness (QED) is 0.434. The van der Waals surface area contributed by atoms with Crippen molar-refractivity contribution in [1.29, 1.82) is 0 Å². The summed E-state index contributed by atoms with van der Waals surface area (Å²) >= 11 is 11.2. The lowest BCUT2D eigenvalue weighted by atomic mass is 10.1. The summed E-state index contributed by atoms with van der Waals surface area (Å²) in [5.41, 5.74) is 1.80. The molecule has 0 aliphatic carbocycles. The van der Waals surface area contributed by atoms with Crippen LogP contribution in [-0.2, 0) is 5.88 Å². The molecule has 0 heterocycles. The Hall–Kier alpha value is 0.390. The lowest BCUT2D eigenvalue weighted by Crippen LogP contribution is -2.03. The fourth-order valence-corrected chi connectivity index (χ4v) is 2.78. The molecule has 1 rings (SSSR count). The van der Waals surface area contributed by atoms with Crippen molar-refractivity contribution in [3.05, 3.63) is 32.9 Å². The Bertz CT molecular complexity index is 341. The second-order valence-electron chi connectivity index (χ2n) is 2.77. The van der Waals surface area contributed by atoms with Gasteiger partial charge in [0.15, 0.2) is 5.78 Å². The van der Waals surface area contributed by atoms with Gasteiger partial charge in [-0.05, 0) is 28.2 Å². The number of hydrogen-bond donors (Lipinski definition) is 0. The number of halogens is 3. The summed E-state index contributed by atoms with van der Waals surface area (Å²) in [4.78, 5) is 11.7. The van der Waals surface area contributed by atoms with Crippen molar-refractivity contribution in [3.63, 3.8) is 0 Å². The molecule has 0 amide bonds. The van der Waals surface area contributed by atoms with Crippen molar-refractivity contribution < 1.29 is 4.79 Å². The first-order valence-corrected chi connectivity index (χ1v) is 6.86. The predicted octanol–water partition coefficient (Wildman–Crippen LogP) is 4.00. The summed E-state index contributed by atoms with van der Waals surface area (Å²) < 4.78 is 0.978. The highest BCUT2D eigenvalue weighted by Crippen LogP contribution is 2.20. The van der Waals surface area contributed by atoms with Gasteiger partial charge in [-0.25, -0.2) is 0 Å². The zero-order valence-corrected chi connectivity index (χ0v) is 11.9. The number of carbonyl (C=O) groups is 1. The lowest BCUT2D eigenvalue weighted by molar-refractivity contribution is 0.0989. The molecule has 0 atom stereocenters. The van der Waals surface area contributed by atoms with Crippen molar-refractivity contribution in [3.8, 4) is 0 Å². The van der Waals surface area contributed by atoms with Crippen molar-refractivity contribution in [2.45, 2.75) is 12.3 Å². The van der Waals surface area contributed by atoms with Crippen LogP contribution in [-0.4, -0.2) is 11.1 Å². The molecule has 14 heavy (non-hydrogen) atoms. The molecule has 0 aliphatic heterocycles. The standard InChI is InChI=1S/C10H9BrClIO/c11-5-4-9(14)8-3-1-2-7(6-12)10(8)13/h1-3H,4-6H2. The Morgan fingerprint density at radius 2 is 2.21 bits per heavy atom. The average molecular weight is 387 g/mol. The van der Waals surface area contributed by atoms with E-state index in [9.17, 15) is 4.79 Å². The molecule has 0 spiro atoms.